The zero-order valence-corrected chi connectivity index (χ0v) is 14.2. The van der Waals surface area contributed by atoms with Crippen LogP contribution in [0, 0.1) is 13.8 Å². The van der Waals surface area contributed by atoms with Crippen LogP contribution in [0.2, 0.25) is 0 Å². The van der Waals surface area contributed by atoms with Gasteiger partial charge < -0.3 is 15.7 Å². The number of aromatic hydroxyl groups is 1. The number of urea groups is 1. The van der Waals surface area contributed by atoms with Gasteiger partial charge in [0.15, 0.2) is 0 Å². The van der Waals surface area contributed by atoms with Gasteiger partial charge in [-0.15, -0.1) is 0 Å². The number of phenols is 1. The summed E-state index contributed by atoms with van der Waals surface area (Å²) in [4.78, 5) is 21.0. The molecule has 0 unspecified atom stereocenters. The molecule has 0 bridgehead atoms. The second-order valence-electron chi connectivity index (χ2n) is 5.90. The minimum Gasteiger partial charge on any atom is -0.508 e. The van der Waals surface area contributed by atoms with Crippen molar-refractivity contribution in [3.05, 3.63) is 59.4 Å². The number of nitrogens with one attached hydrogen (secondary N) is 2. The summed E-state index contributed by atoms with van der Waals surface area (Å²) in [5, 5.41) is 14.9. The van der Waals surface area contributed by atoms with E-state index in [4.69, 9.17) is 0 Å². The Morgan fingerprint density at radius 2 is 1.68 bits per heavy atom. The van der Waals surface area contributed by atoms with Crippen LogP contribution < -0.4 is 10.6 Å². The molecule has 0 atom stereocenters. The van der Waals surface area contributed by atoms with Crippen LogP contribution in [0.1, 0.15) is 17.0 Å². The number of hydrogen-bond acceptors (Lipinski definition) is 4. The van der Waals surface area contributed by atoms with Gasteiger partial charge in [-0.1, -0.05) is 12.1 Å². The Kier molecular flexibility index (Phi) is 4.79. The third-order valence-electron chi connectivity index (χ3n) is 3.97. The molecule has 6 nitrogen and oxygen atoms in total. The SMILES string of the molecule is Cc1nc2ccc(NC(=O)NCCc3ccc(O)cc3)cc2nc1C. The van der Waals surface area contributed by atoms with Crippen LogP contribution in [0.15, 0.2) is 42.5 Å². The summed E-state index contributed by atoms with van der Waals surface area (Å²) in [6, 6.07) is 12.1. The van der Waals surface area contributed by atoms with Crippen LogP contribution in [0.5, 0.6) is 5.75 Å². The lowest BCUT2D eigenvalue weighted by Gasteiger charge is -2.09. The quantitative estimate of drug-likeness (QED) is 0.682. The zero-order valence-electron chi connectivity index (χ0n) is 14.2. The monoisotopic (exact) mass is 336 g/mol. The zero-order chi connectivity index (χ0) is 17.8. The highest BCUT2D eigenvalue weighted by Gasteiger charge is 2.05. The summed E-state index contributed by atoms with van der Waals surface area (Å²) in [5.74, 6) is 0.235. The Balaban J connectivity index is 1.58. The van der Waals surface area contributed by atoms with Crippen molar-refractivity contribution in [1.82, 2.24) is 15.3 Å². The van der Waals surface area contributed by atoms with Gasteiger partial charge in [0.1, 0.15) is 5.75 Å². The Morgan fingerprint density at radius 1 is 1.00 bits per heavy atom. The maximum absolute atomic E-state index is 12.0. The molecule has 0 aliphatic heterocycles. The lowest BCUT2D eigenvalue weighted by molar-refractivity contribution is 0.252. The topological polar surface area (TPSA) is 87.1 Å². The first-order chi connectivity index (χ1) is 12.0. The molecule has 3 N–H and O–H groups in total. The molecule has 3 aromatic rings. The molecule has 128 valence electrons. The van der Waals surface area contributed by atoms with E-state index in [2.05, 4.69) is 20.6 Å². The van der Waals surface area contributed by atoms with Gasteiger partial charge in [-0.25, -0.2) is 14.8 Å². The normalized spacial score (nSPS) is 10.6. The number of aromatic nitrogens is 2. The van der Waals surface area contributed by atoms with Gasteiger partial charge in [0.2, 0.25) is 0 Å². The standard InChI is InChI=1S/C19H20N4O2/c1-12-13(2)22-18-11-15(5-8-17(18)21-12)23-19(25)20-10-9-14-3-6-16(24)7-4-14/h3-8,11,24H,9-10H2,1-2H3,(H2,20,23,25). The van der Waals surface area contributed by atoms with Crippen molar-refractivity contribution in [2.45, 2.75) is 20.3 Å². The van der Waals surface area contributed by atoms with Gasteiger partial charge in [-0.2, -0.15) is 0 Å². The lowest BCUT2D eigenvalue weighted by Crippen LogP contribution is -2.30. The van der Waals surface area contributed by atoms with Gasteiger partial charge in [-0.05, 0) is 56.2 Å². The van der Waals surface area contributed by atoms with Gasteiger partial charge in [-0.3, -0.25) is 0 Å². The minimum absolute atomic E-state index is 0.235. The first kappa shape index (κ1) is 16.7. The van der Waals surface area contributed by atoms with Gasteiger partial charge in [0, 0.05) is 12.2 Å². The second kappa shape index (κ2) is 7.17. The van der Waals surface area contributed by atoms with E-state index in [0.717, 1.165) is 28.0 Å². The van der Waals surface area contributed by atoms with Crippen LogP contribution >= 0.6 is 0 Å². The molecule has 0 fully saturated rings. The van der Waals surface area contributed by atoms with Gasteiger partial charge in [0.05, 0.1) is 22.4 Å². The number of aryl methyl sites for hydroxylation is 2. The van der Waals surface area contributed by atoms with Crippen LogP contribution in [-0.2, 0) is 6.42 Å². The molecule has 2 aromatic carbocycles. The molecule has 1 aromatic heterocycles. The highest BCUT2D eigenvalue weighted by Crippen LogP contribution is 2.17. The molecule has 2 amide bonds. The molecule has 25 heavy (non-hydrogen) atoms. The van der Waals surface area contributed by atoms with Gasteiger partial charge >= 0.3 is 6.03 Å². The number of amides is 2. The van der Waals surface area contributed by atoms with Crippen LogP contribution in [-0.4, -0.2) is 27.7 Å². The van der Waals surface area contributed by atoms with E-state index < -0.39 is 0 Å². The number of carbonyl (C=O) groups is 1. The first-order valence-corrected chi connectivity index (χ1v) is 8.09. The largest absolute Gasteiger partial charge is 0.508 e. The molecule has 1 heterocycles. The molecule has 0 spiro atoms. The molecular formula is C19H20N4O2. The number of nitrogens with zero attached hydrogens (tertiary/aromatic N) is 2. The fourth-order valence-corrected chi connectivity index (χ4v) is 2.47. The number of hydrogen-bond donors (Lipinski definition) is 3. The average molecular weight is 336 g/mol. The van der Waals surface area contributed by atoms with Crippen molar-refractivity contribution in [2.75, 3.05) is 11.9 Å². The van der Waals surface area contributed by atoms with Crippen LogP contribution in [0.3, 0.4) is 0 Å². The number of anilines is 1. The van der Waals surface area contributed by atoms with Crippen molar-refractivity contribution >= 4 is 22.8 Å². The van der Waals surface area contributed by atoms with Crippen LogP contribution in [0.25, 0.3) is 11.0 Å². The van der Waals surface area contributed by atoms with E-state index >= 15 is 0 Å². The highest BCUT2D eigenvalue weighted by molar-refractivity contribution is 5.91. The van der Waals surface area contributed by atoms with E-state index in [1.165, 1.54) is 0 Å². The molecule has 0 radical (unpaired) electrons. The maximum atomic E-state index is 12.0. The summed E-state index contributed by atoms with van der Waals surface area (Å²) in [5.41, 5.74) is 5.06. The Labute approximate surface area is 145 Å². The second-order valence-corrected chi connectivity index (χ2v) is 5.90. The van der Waals surface area contributed by atoms with Crippen molar-refractivity contribution in [2.24, 2.45) is 0 Å². The Bertz CT molecular complexity index is 907. The third-order valence-corrected chi connectivity index (χ3v) is 3.97. The predicted molar refractivity (Wildman–Crippen MR) is 97.8 cm³/mol. The highest BCUT2D eigenvalue weighted by atomic mass is 16.3. The fourth-order valence-electron chi connectivity index (χ4n) is 2.47. The van der Waals surface area contributed by atoms with E-state index in [9.17, 15) is 9.90 Å². The molecule has 6 heteroatoms. The van der Waals surface area contributed by atoms with E-state index in [1.807, 2.05) is 44.2 Å². The Hall–Kier alpha value is -3.15. The molecule has 0 saturated heterocycles. The molecular weight excluding hydrogens is 316 g/mol. The Morgan fingerprint density at radius 3 is 2.40 bits per heavy atom. The van der Waals surface area contributed by atoms with Crippen molar-refractivity contribution < 1.29 is 9.90 Å². The first-order valence-electron chi connectivity index (χ1n) is 8.09. The third kappa shape index (κ3) is 4.23. The molecule has 0 aliphatic carbocycles. The summed E-state index contributed by atoms with van der Waals surface area (Å²) in [6.45, 7) is 4.34. The number of rotatable bonds is 4. The number of carbonyl (C=O) groups excluding carboxylic acids is 1. The average Bonchev–Trinajstić information content (AvgIpc) is 2.58. The summed E-state index contributed by atoms with van der Waals surface area (Å²) >= 11 is 0. The molecule has 0 saturated carbocycles. The molecule has 0 aliphatic rings. The van der Waals surface area contributed by atoms with Gasteiger partial charge in [0.25, 0.3) is 0 Å². The van der Waals surface area contributed by atoms with Crippen molar-refractivity contribution in [3.8, 4) is 5.75 Å². The summed E-state index contributed by atoms with van der Waals surface area (Å²) in [7, 11) is 0. The summed E-state index contributed by atoms with van der Waals surface area (Å²) in [6.07, 6.45) is 0.690. The predicted octanol–water partition coefficient (Wildman–Crippen LogP) is 3.32. The smallest absolute Gasteiger partial charge is 0.319 e. The van der Waals surface area contributed by atoms with E-state index in [-0.39, 0.29) is 11.8 Å². The number of fused-ring (bicyclic) bond motifs is 1. The summed E-state index contributed by atoms with van der Waals surface area (Å²) < 4.78 is 0. The minimum atomic E-state index is -0.269. The number of benzene rings is 2. The number of phenolic OH excluding ortho intramolecular Hbond substituents is 1. The fraction of sp³-hybridized carbons (Fsp3) is 0.211. The van der Waals surface area contributed by atoms with E-state index in [1.54, 1.807) is 12.1 Å². The lowest BCUT2D eigenvalue weighted by atomic mass is 10.1. The molecule has 3 rings (SSSR count). The van der Waals surface area contributed by atoms with Crippen molar-refractivity contribution in [1.29, 1.82) is 0 Å². The van der Waals surface area contributed by atoms with Crippen molar-refractivity contribution in [3.63, 3.8) is 0 Å². The van der Waals surface area contributed by atoms with E-state index in [0.29, 0.717) is 18.7 Å². The van der Waals surface area contributed by atoms with Crippen LogP contribution in [0.4, 0.5) is 10.5 Å². The maximum Gasteiger partial charge on any atom is 0.319 e.